The van der Waals surface area contributed by atoms with Gasteiger partial charge in [0, 0.05) is 25.6 Å². The van der Waals surface area contributed by atoms with Gasteiger partial charge in [0.1, 0.15) is 0 Å². The zero-order valence-electron chi connectivity index (χ0n) is 10.7. The minimum atomic E-state index is 0.213. The molecule has 1 heterocycles. The Bertz CT molecular complexity index is 171. The van der Waals surface area contributed by atoms with Crippen molar-refractivity contribution < 1.29 is 4.79 Å². The SMILES string of the molecule is CC.CCCC(=O)NC1CCN(CC)C1. The number of nitrogens with zero attached hydrogens (tertiary/aromatic N) is 1. The Labute approximate surface area is 94.2 Å². The largest absolute Gasteiger partial charge is 0.352 e. The molecule has 0 spiro atoms. The Hall–Kier alpha value is -0.570. The second-order valence-corrected chi connectivity index (χ2v) is 3.70. The van der Waals surface area contributed by atoms with Crippen molar-refractivity contribution in [2.24, 2.45) is 0 Å². The van der Waals surface area contributed by atoms with Crippen molar-refractivity contribution in [3.05, 3.63) is 0 Å². The summed E-state index contributed by atoms with van der Waals surface area (Å²) in [6, 6.07) is 0.402. The van der Waals surface area contributed by atoms with Crippen LogP contribution in [0.4, 0.5) is 0 Å². The van der Waals surface area contributed by atoms with Crippen LogP contribution in [0.25, 0.3) is 0 Å². The van der Waals surface area contributed by atoms with E-state index in [1.54, 1.807) is 0 Å². The third-order valence-corrected chi connectivity index (χ3v) is 2.56. The normalized spacial score (nSPS) is 20.7. The van der Waals surface area contributed by atoms with Crippen LogP contribution in [0.5, 0.6) is 0 Å². The third-order valence-electron chi connectivity index (χ3n) is 2.56. The fourth-order valence-corrected chi connectivity index (χ4v) is 1.76. The van der Waals surface area contributed by atoms with E-state index in [-0.39, 0.29) is 5.91 Å². The summed E-state index contributed by atoms with van der Waals surface area (Å²) in [6.07, 6.45) is 2.72. The highest BCUT2D eigenvalue weighted by atomic mass is 16.1. The van der Waals surface area contributed by atoms with Crippen molar-refractivity contribution >= 4 is 5.91 Å². The molecule has 0 aromatic heterocycles. The van der Waals surface area contributed by atoms with Gasteiger partial charge in [0.05, 0.1) is 0 Å². The Kier molecular flexibility index (Phi) is 8.38. The number of rotatable bonds is 4. The van der Waals surface area contributed by atoms with Gasteiger partial charge in [-0.3, -0.25) is 4.79 Å². The molecule has 3 nitrogen and oxygen atoms in total. The summed E-state index contributed by atoms with van der Waals surface area (Å²) in [5.74, 6) is 0.213. The van der Waals surface area contributed by atoms with Gasteiger partial charge < -0.3 is 10.2 Å². The molecule has 0 aliphatic carbocycles. The van der Waals surface area contributed by atoms with Gasteiger partial charge in [-0.25, -0.2) is 0 Å². The van der Waals surface area contributed by atoms with E-state index in [9.17, 15) is 4.79 Å². The smallest absolute Gasteiger partial charge is 0.220 e. The maximum absolute atomic E-state index is 11.3. The first-order chi connectivity index (χ1) is 7.26. The van der Waals surface area contributed by atoms with Crippen molar-refractivity contribution in [2.75, 3.05) is 19.6 Å². The van der Waals surface area contributed by atoms with Crippen molar-refractivity contribution in [1.29, 1.82) is 0 Å². The summed E-state index contributed by atoms with van der Waals surface area (Å²) in [5.41, 5.74) is 0. The van der Waals surface area contributed by atoms with E-state index in [0.717, 1.165) is 32.5 Å². The summed E-state index contributed by atoms with van der Waals surface area (Å²) in [6.45, 7) is 11.5. The monoisotopic (exact) mass is 214 g/mol. The Balaban J connectivity index is 0.000000921. The standard InChI is InChI=1S/C10H20N2O.C2H6/c1-3-5-10(13)11-9-6-7-12(4-2)8-9;1-2/h9H,3-8H2,1-2H3,(H,11,13);1-2H3. The number of nitrogens with one attached hydrogen (secondary N) is 1. The van der Waals surface area contributed by atoms with E-state index in [1.807, 2.05) is 20.8 Å². The lowest BCUT2D eigenvalue weighted by molar-refractivity contribution is -0.121. The van der Waals surface area contributed by atoms with Gasteiger partial charge in [-0.1, -0.05) is 27.7 Å². The lowest BCUT2D eigenvalue weighted by Gasteiger charge is -2.14. The van der Waals surface area contributed by atoms with Crippen LogP contribution in [-0.2, 0) is 4.79 Å². The maximum atomic E-state index is 11.3. The minimum Gasteiger partial charge on any atom is -0.352 e. The summed E-state index contributed by atoms with van der Waals surface area (Å²) in [7, 11) is 0. The van der Waals surface area contributed by atoms with Crippen molar-refractivity contribution in [1.82, 2.24) is 10.2 Å². The van der Waals surface area contributed by atoms with Crippen molar-refractivity contribution in [3.63, 3.8) is 0 Å². The first-order valence-electron chi connectivity index (χ1n) is 6.28. The fourth-order valence-electron chi connectivity index (χ4n) is 1.76. The predicted molar refractivity (Wildman–Crippen MR) is 64.9 cm³/mol. The highest BCUT2D eigenvalue weighted by Gasteiger charge is 2.21. The molecule has 1 aliphatic rings. The molecule has 0 saturated carbocycles. The van der Waals surface area contributed by atoms with Gasteiger partial charge in [-0.05, 0) is 19.4 Å². The zero-order chi connectivity index (χ0) is 11.7. The average molecular weight is 214 g/mol. The van der Waals surface area contributed by atoms with Gasteiger partial charge in [0.2, 0.25) is 5.91 Å². The number of hydrogen-bond donors (Lipinski definition) is 1. The van der Waals surface area contributed by atoms with Crippen LogP contribution in [0.1, 0.15) is 47.0 Å². The number of likely N-dealkylation sites (tertiary alicyclic amines) is 1. The maximum Gasteiger partial charge on any atom is 0.220 e. The lowest BCUT2D eigenvalue weighted by Crippen LogP contribution is -2.36. The molecule has 1 unspecified atom stereocenters. The molecule has 1 atom stereocenters. The van der Waals surface area contributed by atoms with Gasteiger partial charge in [0.15, 0.2) is 0 Å². The Morgan fingerprint density at radius 1 is 1.40 bits per heavy atom. The molecule has 0 aromatic carbocycles. The average Bonchev–Trinajstić information content (AvgIpc) is 2.69. The molecule has 1 fully saturated rings. The Morgan fingerprint density at radius 3 is 2.53 bits per heavy atom. The number of amides is 1. The van der Waals surface area contributed by atoms with Crippen molar-refractivity contribution in [3.8, 4) is 0 Å². The lowest BCUT2D eigenvalue weighted by atomic mass is 10.2. The van der Waals surface area contributed by atoms with Gasteiger partial charge >= 0.3 is 0 Å². The second kappa shape index (κ2) is 8.72. The van der Waals surface area contributed by atoms with Crippen LogP contribution >= 0.6 is 0 Å². The fraction of sp³-hybridized carbons (Fsp3) is 0.917. The summed E-state index contributed by atoms with van der Waals surface area (Å²) in [5, 5.41) is 3.06. The van der Waals surface area contributed by atoms with Crippen LogP contribution < -0.4 is 5.32 Å². The summed E-state index contributed by atoms with van der Waals surface area (Å²) < 4.78 is 0. The summed E-state index contributed by atoms with van der Waals surface area (Å²) >= 11 is 0. The first-order valence-corrected chi connectivity index (χ1v) is 6.28. The molecule has 15 heavy (non-hydrogen) atoms. The van der Waals surface area contributed by atoms with E-state index >= 15 is 0 Å². The van der Waals surface area contributed by atoms with Crippen LogP contribution in [0.15, 0.2) is 0 Å². The van der Waals surface area contributed by atoms with Gasteiger partial charge in [-0.2, -0.15) is 0 Å². The summed E-state index contributed by atoms with van der Waals surface area (Å²) in [4.78, 5) is 13.6. The molecule has 0 radical (unpaired) electrons. The highest BCUT2D eigenvalue weighted by molar-refractivity contribution is 5.76. The zero-order valence-corrected chi connectivity index (χ0v) is 10.7. The molecule has 1 amide bonds. The van der Waals surface area contributed by atoms with E-state index in [2.05, 4.69) is 17.1 Å². The van der Waals surface area contributed by atoms with E-state index in [0.29, 0.717) is 12.5 Å². The van der Waals surface area contributed by atoms with Crippen LogP contribution in [-0.4, -0.2) is 36.5 Å². The van der Waals surface area contributed by atoms with E-state index in [4.69, 9.17) is 0 Å². The number of carbonyl (C=O) groups is 1. The number of hydrogen-bond acceptors (Lipinski definition) is 2. The molecule has 90 valence electrons. The highest BCUT2D eigenvalue weighted by Crippen LogP contribution is 2.08. The van der Waals surface area contributed by atoms with E-state index < -0.39 is 0 Å². The molecule has 0 bridgehead atoms. The molecule has 1 aliphatic heterocycles. The topological polar surface area (TPSA) is 32.3 Å². The Morgan fingerprint density at radius 2 is 2.07 bits per heavy atom. The van der Waals surface area contributed by atoms with Crippen LogP contribution in [0.3, 0.4) is 0 Å². The molecule has 1 rings (SSSR count). The predicted octanol–water partition coefficient (Wildman–Crippen LogP) is 2.02. The number of carbonyl (C=O) groups excluding carboxylic acids is 1. The first kappa shape index (κ1) is 14.4. The van der Waals surface area contributed by atoms with Gasteiger partial charge in [0.25, 0.3) is 0 Å². The van der Waals surface area contributed by atoms with Gasteiger partial charge in [-0.15, -0.1) is 0 Å². The minimum absolute atomic E-state index is 0.213. The molecule has 1 N–H and O–H groups in total. The quantitative estimate of drug-likeness (QED) is 0.776. The third kappa shape index (κ3) is 5.78. The van der Waals surface area contributed by atoms with E-state index in [1.165, 1.54) is 0 Å². The molecule has 3 heteroatoms. The second-order valence-electron chi connectivity index (χ2n) is 3.70. The molecule has 1 saturated heterocycles. The molecule has 0 aromatic rings. The van der Waals surface area contributed by atoms with Crippen molar-refractivity contribution in [2.45, 2.75) is 53.0 Å². The van der Waals surface area contributed by atoms with Crippen LogP contribution in [0, 0.1) is 0 Å². The van der Waals surface area contributed by atoms with Crippen LogP contribution in [0.2, 0.25) is 0 Å². The molecular weight excluding hydrogens is 188 g/mol. The number of likely N-dealkylation sites (N-methyl/N-ethyl adjacent to an activating group) is 1. The molecular formula is C12H26N2O.